The molecular weight excluding hydrogens is 348 g/mol. The minimum atomic E-state index is -0.503. The maximum absolute atomic E-state index is 11.2. The van der Waals surface area contributed by atoms with Gasteiger partial charge in [0.05, 0.1) is 12.5 Å². The summed E-state index contributed by atoms with van der Waals surface area (Å²) in [7, 11) is 6.03. The van der Waals surface area contributed by atoms with E-state index in [2.05, 4.69) is 47.4 Å². The van der Waals surface area contributed by atoms with Gasteiger partial charge in [-0.25, -0.2) is 0 Å². The van der Waals surface area contributed by atoms with Gasteiger partial charge in [0, 0.05) is 43.8 Å². The molecule has 1 aromatic heterocycles. The predicted octanol–water partition coefficient (Wildman–Crippen LogP) is 4.08. The van der Waals surface area contributed by atoms with Crippen molar-refractivity contribution in [2.24, 2.45) is 12.8 Å². The van der Waals surface area contributed by atoms with E-state index < -0.39 is 5.91 Å². The highest BCUT2D eigenvalue weighted by molar-refractivity contribution is 5.90. The number of benzene rings is 2. The number of allylic oxidation sites excluding steroid dienone is 1. The van der Waals surface area contributed by atoms with E-state index in [1.54, 1.807) is 0 Å². The van der Waals surface area contributed by atoms with Crippen molar-refractivity contribution in [3.63, 3.8) is 0 Å². The molecule has 28 heavy (non-hydrogen) atoms. The summed E-state index contributed by atoms with van der Waals surface area (Å²) in [6.07, 6.45) is -0.0486. The smallest absolute Gasteiger partial charge is 0.222 e. The van der Waals surface area contributed by atoms with E-state index in [4.69, 9.17) is 5.73 Å². The Hall–Kier alpha value is -3.52. The van der Waals surface area contributed by atoms with E-state index in [1.165, 1.54) is 16.5 Å². The number of amides is 1. The fraction of sp³-hybridized carbons (Fsp3) is 0.217. The third kappa shape index (κ3) is 3.63. The van der Waals surface area contributed by atoms with Crippen molar-refractivity contribution in [3.8, 4) is 17.3 Å². The zero-order chi connectivity index (χ0) is 20.4. The molecule has 1 amide bonds. The first kappa shape index (κ1) is 19.2. The van der Waals surface area contributed by atoms with Crippen LogP contribution in [0.25, 0.3) is 27.6 Å². The van der Waals surface area contributed by atoms with Gasteiger partial charge in [-0.3, -0.25) is 4.79 Å². The zero-order valence-corrected chi connectivity index (χ0v) is 16.7. The van der Waals surface area contributed by atoms with Crippen LogP contribution in [-0.2, 0) is 11.8 Å². The number of carbonyl (C=O) groups is 1. The van der Waals surface area contributed by atoms with E-state index >= 15 is 0 Å². The number of carbonyl (C=O) groups excluding carboxylic acids is 1. The molecule has 3 aromatic rings. The first-order valence-electron chi connectivity index (χ1n) is 9.07. The average Bonchev–Trinajstić information content (AvgIpc) is 3.05. The molecule has 3 rings (SSSR count). The molecule has 142 valence electrons. The Morgan fingerprint density at radius 2 is 1.79 bits per heavy atom. The fourth-order valence-corrected chi connectivity index (χ4v) is 3.43. The van der Waals surface area contributed by atoms with Crippen molar-refractivity contribution in [1.82, 2.24) is 4.57 Å². The van der Waals surface area contributed by atoms with Crippen molar-refractivity contribution >= 4 is 27.9 Å². The SMILES string of the molecule is C/C(=C(/C#N)CC(N)=O)c1ccc(-c2ccc3cc(N(C)C)ccc3c2)n1C. The number of nitrogens with zero attached hydrogens (tertiary/aromatic N) is 3. The fourth-order valence-electron chi connectivity index (χ4n) is 3.43. The average molecular weight is 372 g/mol. The largest absolute Gasteiger partial charge is 0.378 e. The van der Waals surface area contributed by atoms with Gasteiger partial charge in [-0.15, -0.1) is 0 Å². The molecular formula is C23H24N4O. The summed E-state index contributed by atoms with van der Waals surface area (Å²) in [6, 6.07) is 18.9. The zero-order valence-electron chi connectivity index (χ0n) is 16.7. The van der Waals surface area contributed by atoms with Gasteiger partial charge in [0.15, 0.2) is 0 Å². The third-order valence-corrected chi connectivity index (χ3v) is 5.08. The quantitative estimate of drug-likeness (QED) is 0.686. The topological polar surface area (TPSA) is 75.0 Å². The maximum Gasteiger partial charge on any atom is 0.222 e. The standard InChI is InChI=1S/C23H24N4O/c1-15(19(14-24)13-23(25)28)21-9-10-22(27(21)4)18-6-5-17-12-20(26(2)3)8-7-16(17)11-18/h5-12H,13H2,1-4H3,(H2,25,28)/b19-15-. The number of primary amides is 1. The van der Waals surface area contributed by atoms with Crippen molar-refractivity contribution in [3.05, 3.63) is 59.8 Å². The van der Waals surface area contributed by atoms with Gasteiger partial charge in [-0.2, -0.15) is 5.26 Å². The number of hydrogen-bond donors (Lipinski definition) is 1. The van der Waals surface area contributed by atoms with Crippen molar-refractivity contribution < 1.29 is 4.79 Å². The number of aromatic nitrogens is 1. The molecule has 0 fully saturated rings. The molecule has 0 saturated heterocycles. The maximum atomic E-state index is 11.2. The number of fused-ring (bicyclic) bond motifs is 1. The lowest BCUT2D eigenvalue weighted by Crippen LogP contribution is -2.11. The highest BCUT2D eigenvalue weighted by Crippen LogP contribution is 2.30. The van der Waals surface area contributed by atoms with Gasteiger partial charge in [-0.1, -0.05) is 18.2 Å². The van der Waals surface area contributed by atoms with E-state index in [1.807, 2.05) is 44.8 Å². The van der Waals surface area contributed by atoms with Gasteiger partial charge >= 0.3 is 0 Å². The van der Waals surface area contributed by atoms with Crippen LogP contribution in [0, 0.1) is 11.3 Å². The summed E-state index contributed by atoms with van der Waals surface area (Å²) in [6.45, 7) is 1.85. The van der Waals surface area contributed by atoms with Crippen molar-refractivity contribution in [2.75, 3.05) is 19.0 Å². The van der Waals surface area contributed by atoms with Crippen LogP contribution in [0.3, 0.4) is 0 Å². The van der Waals surface area contributed by atoms with E-state index in [0.717, 1.165) is 22.5 Å². The van der Waals surface area contributed by atoms with Gasteiger partial charge in [0.25, 0.3) is 0 Å². The number of nitrogens with two attached hydrogens (primary N) is 1. The Morgan fingerprint density at radius 3 is 2.43 bits per heavy atom. The third-order valence-electron chi connectivity index (χ3n) is 5.08. The summed E-state index contributed by atoms with van der Waals surface area (Å²) in [5, 5.41) is 11.7. The van der Waals surface area contributed by atoms with E-state index in [0.29, 0.717) is 5.57 Å². The Morgan fingerprint density at radius 1 is 1.11 bits per heavy atom. The molecule has 2 N–H and O–H groups in total. The minimum absolute atomic E-state index is 0.0486. The number of nitriles is 1. The second kappa shape index (κ2) is 7.61. The molecule has 5 heteroatoms. The highest BCUT2D eigenvalue weighted by atomic mass is 16.1. The molecule has 1 heterocycles. The van der Waals surface area contributed by atoms with Crippen LogP contribution in [0.2, 0.25) is 0 Å². The first-order chi connectivity index (χ1) is 13.3. The molecule has 0 spiro atoms. The summed E-state index contributed by atoms with van der Waals surface area (Å²) in [5.41, 5.74) is 10.6. The molecule has 0 radical (unpaired) electrons. The van der Waals surface area contributed by atoms with Crippen LogP contribution in [0.15, 0.2) is 54.1 Å². The van der Waals surface area contributed by atoms with Crippen molar-refractivity contribution in [1.29, 1.82) is 5.26 Å². The Kier molecular flexibility index (Phi) is 5.23. The Bertz CT molecular complexity index is 1130. The second-order valence-electron chi connectivity index (χ2n) is 7.16. The Labute approximate surface area is 165 Å². The van der Waals surface area contributed by atoms with Crippen LogP contribution in [-0.4, -0.2) is 24.6 Å². The minimum Gasteiger partial charge on any atom is -0.378 e. The molecule has 0 aliphatic heterocycles. The van der Waals surface area contributed by atoms with Gasteiger partial charge in [-0.05, 0) is 59.2 Å². The molecule has 0 aliphatic rings. The number of anilines is 1. The highest BCUT2D eigenvalue weighted by Gasteiger charge is 2.13. The lowest BCUT2D eigenvalue weighted by Gasteiger charge is -2.14. The lowest BCUT2D eigenvalue weighted by molar-refractivity contribution is -0.117. The Balaban J connectivity index is 2.04. The van der Waals surface area contributed by atoms with Gasteiger partial charge < -0.3 is 15.2 Å². The number of hydrogen-bond acceptors (Lipinski definition) is 3. The predicted molar refractivity (Wildman–Crippen MR) is 115 cm³/mol. The molecule has 0 atom stereocenters. The second-order valence-corrected chi connectivity index (χ2v) is 7.16. The summed E-state index contributed by atoms with van der Waals surface area (Å²) in [5.74, 6) is -0.503. The van der Waals surface area contributed by atoms with Crippen molar-refractivity contribution in [2.45, 2.75) is 13.3 Å². The monoisotopic (exact) mass is 372 g/mol. The van der Waals surface area contributed by atoms with Crippen LogP contribution in [0.1, 0.15) is 19.0 Å². The van der Waals surface area contributed by atoms with Crippen LogP contribution in [0.5, 0.6) is 0 Å². The van der Waals surface area contributed by atoms with Crippen LogP contribution < -0.4 is 10.6 Å². The molecule has 0 saturated carbocycles. The molecule has 0 bridgehead atoms. The summed E-state index contributed by atoms with van der Waals surface area (Å²) in [4.78, 5) is 13.3. The van der Waals surface area contributed by atoms with Gasteiger partial charge in [0.1, 0.15) is 0 Å². The van der Waals surface area contributed by atoms with E-state index in [-0.39, 0.29) is 6.42 Å². The first-order valence-corrected chi connectivity index (χ1v) is 9.07. The summed E-state index contributed by atoms with van der Waals surface area (Å²) < 4.78 is 2.04. The van der Waals surface area contributed by atoms with Gasteiger partial charge in [0.2, 0.25) is 5.91 Å². The molecule has 0 unspecified atom stereocenters. The molecule has 5 nitrogen and oxygen atoms in total. The molecule has 0 aliphatic carbocycles. The normalized spacial score (nSPS) is 11.8. The number of rotatable bonds is 5. The van der Waals surface area contributed by atoms with Crippen LogP contribution >= 0.6 is 0 Å². The summed E-state index contributed by atoms with van der Waals surface area (Å²) >= 11 is 0. The van der Waals surface area contributed by atoms with E-state index in [9.17, 15) is 10.1 Å². The van der Waals surface area contributed by atoms with Crippen LogP contribution in [0.4, 0.5) is 5.69 Å². The lowest BCUT2D eigenvalue weighted by atomic mass is 10.0. The molecule has 2 aromatic carbocycles.